The average Bonchev–Trinajstić information content (AvgIpc) is 2.47. The number of nitrogens with zero attached hydrogens (tertiary/aromatic N) is 3. The van der Waals surface area contributed by atoms with Crippen molar-refractivity contribution >= 4 is 5.82 Å². The molecule has 1 aromatic rings. The zero-order chi connectivity index (χ0) is 13.0. The molecule has 100 valence electrons. The molecular weight excluding hydrogens is 224 g/mol. The summed E-state index contributed by atoms with van der Waals surface area (Å²) in [5.74, 6) is 0.987. The third-order valence-corrected chi connectivity index (χ3v) is 4.63. The second-order valence-corrected chi connectivity index (χ2v) is 5.28. The zero-order valence-corrected chi connectivity index (χ0v) is 11.5. The number of anilines is 1. The summed E-state index contributed by atoms with van der Waals surface area (Å²) in [6, 6.07) is 1.98. The lowest BCUT2D eigenvalue weighted by molar-refractivity contribution is 0.199. The molecule has 18 heavy (non-hydrogen) atoms. The van der Waals surface area contributed by atoms with E-state index in [1.807, 2.05) is 6.07 Å². The SMILES string of the molecule is CCC1(CC)CCN(c2nnccc2CN)CC1. The van der Waals surface area contributed by atoms with Crippen LogP contribution in [0.3, 0.4) is 0 Å². The molecule has 4 nitrogen and oxygen atoms in total. The van der Waals surface area contributed by atoms with Gasteiger partial charge in [0.25, 0.3) is 0 Å². The molecule has 1 aliphatic heterocycles. The summed E-state index contributed by atoms with van der Waals surface area (Å²) in [5, 5.41) is 8.27. The van der Waals surface area contributed by atoms with E-state index in [1.54, 1.807) is 6.20 Å². The molecule has 0 saturated carbocycles. The Labute approximate surface area is 110 Å². The van der Waals surface area contributed by atoms with Crippen LogP contribution in [0.15, 0.2) is 12.3 Å². The van der Waals surface area contributed by atoms with Crippen molar-refractivity contribution in [1.29, 1.82) is 0 Å². The molecule has 1 fully saturated rings. The van der Waals surface area contributed by atoms with E-state index in [2.05, 4.69) is 28.9 Å². The third kappa shape index (κ3) is 2.48. The van der Waals surface area contributed by atoms with Crippen molar-refractivity contribution in [3.8, 4) is 0 Å². The quantitative estimate of drug-likeness (QED) is 0.888. The van der Waals surface area contributed by atoms with Gasteiger partial charge in [-0.15, -0.1) is 5.10 Å². The van der Waals surface area contributed by atoms with Crippen LogP contribution in [0.1, 0.15) is 45.1 Å². The highest BCUT2D eigenvalue weighted by atomic mass is 15.3. The largest absolute Gasteiger partial charge is 0.355 e. The molecule has 4 heteroatoms. The summed E-state index contributed by atoms with van der Waals surface area (Å²) in [6.45, 7) is 7.31. The molecule has 1 saturated heterocycles. The zero-order valence-electron chi connectivity index (χ0n) is 11.5. The van der Waals surface area contributed by atoms with E-state index in [-0.39, 0.29) is 0 Å². The van der Waals surface area contributed by atoms with Gasteiger partial charge in [-0.1, -0.05) is 26.7 Å². The smallest absolute Gasteiger partial charge is 0.155 e. The van der Waals surface area contributed by atoms with Crippen LogP contribution in [-0.2, 0) is 6.54 Å². The van der Waals surface area contributed by atoms with Gasteiger partial charge in [-0.05, 0) is 24.3 Å². The van der Waals surface area contributed by atoms with Gasteiger partial charge in [-0.2, -0.15) is 5.10 Å². The lowest BCUT2D eigenvalue weighted by atomic mass is 9.74. The van der Waals surface area contributed by atoms with Crippen LogP contribution in [0, 0.1) is 5.41 Å². The molecule has 0 aliphatic carbocycles. The molecule has 0 bridgehead atoms. The predicted octanol–water partition coefficient (Wildman–Crippen LogP) is 2.34. The first-order valence-electron chi connectivity index (χ1n) is 7.00. The predicted molar refractivity (Wildman–Crippen MR) is 74.4 cm³/mol. The second-order valence-electron chi connectivity index (χ2n) is 5.28. The first-order valence-corrected chi connectivity index (χ1v) is 7.00. The van der Waals surface area contributed by atoms with E-state index in [0.717, 1.165) is 24.5 Å². The number of piperidine rings is 1. The lowest BCUT2D eigenvalue weighted by Gasteiger charge is -2.41. The van der Waals surface area contributed by atoms with E-state index in [4.69, 9.17) is 5.73 Å². The Kier molecular flexibility index (Phi) is 4.17. The van der Waals surface area contributed by atoms with Crippen molar-refractivity contribution in [3.63, 3.8) is 0 Å². The Morgan fingerprint density at radius 1 is 1.28 bits per heavy atom. The molecule has 1 aliphatic rings. The van der Waals surface area contributed by atoms with Gasteiger partial charge in [-0.25, -0.2) is 0 Å². The second kappa shape index (κ2) is 5.65. The minimum absolute atomic E-state index is 0.536. The van der Waals surface area contributed by atoms with Gasteiger partial charge in [-0.3, -0.25) is 0 Å². The van der Waals surface area contributed by atoms with Crippen LogP contribution in [0.2, 0.25) is 0 Å². The van der Waals surface area contributed by atoms with Crippen LogP contribution >= 0.6 is 0 Å². The van der Waals surface area contributed by atoms with Crippen LogP contribution in [-0.4, -0.2) is 23.3 Å². The highest BCUT2D eigenvalue weighted by Crippen LogP contribution is 2.39. The van der Waals surface area contributed by atoms with Crippen LogP contribution in [0.5, 0.6) is 0 Å². The number of aromatic nitrogens is 2. The summed E-state index contributed by atoms with van der Waals surface area (Å²) in [4.78, 5) is 2.35. The first kappa shape index (κ1) is 13.3. The monoisotopic (exact) mass is 248 g/mol. The summed E-state index contributed by atoms with van der Waals surface area (Å²) in [7, 11) is 0. The van der Waals surface area contributed by atoms with Gasteiger partial charge in [0.1, 0.15) is 0 Å². The lowest BCUT2D eigenvalue weighted by Crippen LogP contribution is -2.40. The minimum Gasteiger partial charge on any atom is -0.355 e. The fourth-order valence-electron chi connectivity index (χ4n) is 2.93. The molecular formula is C14H24N4. The Balaban J connectivity index is 2.10. The number of hydrogen-bond donors (Lipinski definition) is 1. The normalized spacial score (nSPS) is 18.9. The maximum Gasteiger partial charge on any atom is 0.155 e. The Morgan fingerprint density at radius 2 is 1.94 bits per heavy atom. The van der Waals surface area contributed by atoms with E-state index < -0.39 is 0 Å². The van der Waals surface area contributed by atoms with Crippen LogP contribution in [0.4, 0.5) is 5.82 Å². The van der Waals surface area contributed by atoms with Gasteiger partial charge >= 0.3 is 0 Å². The maximum absolute atomic E-state index is 5.77. The molecule has 2 heterocycles. The third-order valence-electron chi connectivity index (χ3n) is 4.63. The minimum atomic E-state index is 0.536. The standard InChI is InChI=1S/C14H24N4/c1-3-14(4-2)6-9-18(10-7-14)13-12(11-15)5-8-16-17-13/h5,8H,3-4,6-7,9-11,15H2,1-2H3. The molecule has 0 spiro atoms. The molecule has 2 N–H and O–H groups in total. The summed E-state index contributed by atoms with van der Waals surface area (Å²) in [6.07, 6.45) is 6.78. The average molecular weight is 248 g/mol. The van der Waals surface area contributed by atoms with Crippen molar-refractivity contribution < 1.29 is 0 Å². The van der Waals surface area contributed by atoms with Crippen LogP contribution < -0.4 is 10.6 Å². The Hall–Kier alpha value is -1.16. The molecule has 0 atom stereocenters. The number of rotatable bonds is 4. The van der Waals surface area contributed by atoms with Crippen molar-refractivity contribution in [2.45, 2.75) is 46.1 Å². The topological polar surface area (TPSA) is 55.0 Å². The Bertz CT molecular complexity index is 377. The van der Waals surface area contributed by atoms with E-state index in [9.17, 15) is 0 Å². The van der Waals surface area contributed by atoms with Gasteiger partial charge in [0.2, 0.25) is 0 Å². The number of hydrogen-bond acceptors (Lipinski definition) is 4. The van der Waals surface area contributed by atoms with Gasteiger partial charge in [0.15, 0.2) is 5.82 Å². The van der Waals surface area contributed by atoms with E-state index in [0.29, 0.717) is 12.0 Å². The molecule has 0 amide bonds. The summed E-state index contributed by atoms with van der Waals surface area (Å²) in [5.41, 5.74) is 7.41. The molecule has 0 radical (unpaired) electrons. The van der Waals surface area contributed by atoms with Crippen LogP contribution in [0.25, 0.3) is 0 Å². The fourth-order valence-corrected chi connectivity index (χ4v) is 2.93. The van der Waals surface area contributed by atoms with Gasteiger partial charge < -0.3 is 10.6 Å². The van der Waals surface area contributed by atoms with E-state index in [1.165, 1.54) is 25.7 Å². The van der Waals surface area contributed by atoms with Crippen molar-refractivity contribution in [2.24, 2.45) is 11.1 Å². The van der Waals surface area contributed by atoms with Crippen molar-refractivity contribution in [1.82, 2.24) is 10.2 Å². The highest BCUT2D eigenvalue weighted by molar-refractivity contribution is 5.45. The Morgan fingerprint density at radius 3 is 2.50 bits per heavy atom. The van der Waals surface area contributed by atoms with Gasteiger partial charge in [0.05, 0.1) is 6.20 Å². The fraction of sp³-hybridized carbons (Fsp3) is 0.714. The van der Waals surface area contributed by atoms with Crippen molar-refractivity contribution in [2.75, 3.05) is 18.0 Å². The first-order chi connectivity index (χ1) is 8.74. The highest BCUT2D eigenvalue weighted by Gasteiger charge is 2.32. The molecule has 0 unspecified atom stereocenters. The molecule has 2 rings (SSSR count). The molecule has 0 aromatic carbocycles. The number of nitrogens with two attached hydrogens (primary N) is 1. The summed E-state index contributed by atoms with van der Waals surface area (Å²) >= 11 is 0. The molecule has 1 aromatic heterocycles. The van der Waals surface area contributed by atoms with Gasteiger partial charge in [0, 0.05) is 25.2 Å². The summed E-state index contributed by atoms with van der Waals surface area (Å²) < 4.78 is 0. The van der Waals surface area contributed by atoms with E-state index >= 15 is 0 Å². The maximum atomic E-state index is 5.77. The van der Waals surface area contributed by atoms with Crippen molar-refractivity contribution in [3.05, 3.63) is 17.8 Å².